The third kappa shape index (κ3) is 5.32. The molecular weight excluding hydrogens is 401 g/mol. The molecule has 0 aliphatic carbocycles. The summed E-state index contributed by atoms with van der Waals surface area (Å²) in [5.41, 5.74) is 5.49. The molecule has 0 bridgehead atoms. The fraction of sp³-hybridized carbons (Fsp3) is 0.182. The number of benzene rings is 3. The van der Waals surface area contributed by atoms with Crippen LogP contribution in [0, 0.1) is 13.8 Å². The molecule has 0 fully saturated rings. The van der Waals surface area contributed by atoms with Gasteiger partial charge in [-0.1, -0.05) is 59.1 Å². The monoisotopic (exact) mass is 419 g/mol. The molecular formula is C22H20Cl3NO. The fourth-order valence-corrected chi connectivity index (χ4v) is 3.48. The Kier molecular flexibility index (Phi) is 6.54. The van der Waals surface area contributed by atoms with Gasteiger partial charge >= 0.3 is 0 Å². The number of halogens is 3. The molecule has 5 heteroatoms. The Morgan fingerprint density at radius 1 is 0.815 bits per heavy atom. The van der Waals surface area contributed by atoms with Crippen LogP contribution in [0.2, 0.25) is 15.1 Å². The molecule has 0 aliphatic heterocycles. The van der Waals surface area contributed by atoms with Crippen LogP contribution in [0.1, 0.15) is 22.3 Å². The minimum absolute atomic E-state index is 0.372. The van der Waals surface area contributed by atoms with Gasteiger partial charge in [-0.2, -0.15) is 0 Å². The number of rotatable bonds is 6. The first-order chi connectivity index (χ1) is 12.9. The topological polar surface area (TPSA) is 21.3 Å². The normalized spacial score (nSPS) is 10.7. The highest BCUT2D eigenvalue weighted by Crippen LogP contribution is 2.35. The molecule has 2 nitrogen and oxygen atoms in total. The molecule has 140 valence electrons. The smallest absolute Gasteiger partial charge is 0.156 e. The second-order valence-electron chi connectivity index (χ2n) is 6.48. The highest BCUT2D eigenvalue weighted by atomic mass is 35.5. The van der Waals surface area contributed by atoms with Gasteiger partial charge in [0.15, 0.2) is 5.75 Å². The van der Waals surface area contributed by atoms with Gasteiger partial charge in [-0.25, -0.2) is 0 Å². The lowest BCUT2D eigenvalue weighted by Crippen LogP contribution is -2.02. The highest BCUT2D eigenvalue weighted by molar-refractivity contribution is 6.37. The van der Waals surface area contributed by atoms with Gasteiger partial charge in [0.05, 0.1) is 10.0 Å². The lowest BCUT2D eigenvalue weighted by atomic mass is 10.1. The first-order valence-corrected chi connectivity index (χ1v) is 9.72. The Bertz CT molecular complexity index is 916. The van der Waals surface area contributed by atoms with E-state index in [0.717, 1.165) is 16.8 Å². The third-order valence-corrected chi connectivity index (χ3v) is 5.04. The lowest BCUT2D eigenvalue weighted by molar-refractivity contribution is 0.306. The predicted molar refractivity (Wildman–Crippen MR) is 115 cm³/mol. The second-order valence-corrected chi connectivity index (χ2v) is 7.73. The largest absolute Gasteiger partial charge is 0.486 e. The summed E-state index contributed by atoms with van der Waals surface area (Å²) in [5, 5.41) is 5.12. The summed E-state index contributed by atoms with van der Waals surface area (Å²) in [6.45, 7) is 5.15. The average molecular weight is 421 g/mol. The summed E-state index contributed by atoms with van der Waals surface area (Å²) in [5.74, 6) is 0.490. The molecule has 0 saturated heterocycles. The van der Waals surface area contributed by atoms with Crippen molar-refractivity contribution in [1.29, 1.82) is 0 Å². The van der Waals surface area contributed by atoms with Crippen molar-refractivity contribution in [2.75, 3.05) is 5.32 Å². The van der Waals surface area contributed by atoms with Crippen LogP contribution in [0.5, 0.6) is 5.75 Å². The molecule has 0 saturated carbocycles. The third-order valence-electron chi connectivity index (χ3n) is 4.23. The zero-order valence-corrected chi connectivity index (χ0v) is 17.4. The van der Waals surface area contributed by atoms with Crippen LogP contribution >= 0.6 is 34.8 Å². The van der Waals surface area contributed by atoms with E-state index in [4.69, 9.17) is 39.5 Å². The van der Waals surface area contributed by atoms with E-state index in [0.29, 0.717) is 34.0 Å². The quantitative estimate of drug-likeness (QED) is 0.447. The number of hydrogen-bond donors (Lipinski definition) is 1. The molecule has 0 aliphatic rings. The van der Waals surface area contributed by atoms with Crippen LogP contribution in [0.3, 0.4) is 0 Å². The van der Waals surface area contributed by atoms with Crippen LogP contribution in [0.15, 0.2) is 54.6 Å². The second kappa shape index (κ2) is 8.88. The van der Waals surface area contributed by atoms with Gasteiger partial charge in [-0.3, -0.25) is 0 Å². The van der Waals surface area contributed by atoms with Crippen LogP contribution in [-0.4, -0.2) is 0 Å². The van der Waals surface area contributed by atoms with Crippen molar-refractivity contribution in [3.05, 3.63) is 91.9 Å². The first-order valence-electron chi connectivity index (χ1n) is 8.58. The van der Waals surface area contributed by atoms with Gasteiger partial charge in [-0.05, 0) is 66.4 Å². The van der Waals surface area contributed by atoms with Gasteiger partial charge < -0.3 is 10.1 Å². The number of anilines is 1. The Balaban J connectivity index is 1.68. The van der Waals surface area contributed by atoms with Crippen molar-refractivity contribution in [3.63, 3.8) is 0 Å². The molecule has 3 rings (SSSR count). The molecule has 0 spiro atoms. The van der Waals surface area contributed by atoms with Crippen molar-refractivity contribution in [2.24, 2.45) is 0 Å². The van der Waals surface area contributed by atoms with Gasteiger partial charge in [0, 0.05) is 17.3 Å². The van der Waals surface area contributed by atoms with E-state index in [9.17, 15) is 0 Å². The van der Waals surface area contributed by atoms with Crippen LogP contribution in [-0.2, 0) is 13.2 Å². The Morgan fingerprint density at radius 2 is 1.48 bits per heavy atom. The first kappa shape index (κ1) is 19.9. The maximum Gasteiger partial charge on any atom is 0.156 e. The fourth-order valence-electron chi connectivity index (χ4n) is 2.71. The average Bonchev–Trinajstić information content (AvgIpc) is 2.63. The van der Waals surface area contributed by atoms with Crippen LogP contribution < -0.4 is 10.1 Å². The van der Waals surface area contributed by atoms with Gasteiger partial charge in [0.1, 0.15) is 6.61 Å². The summed E-state index contributed by atoms with van der Waals surface area (Å²) in [4.78, 5) is 0. The molecule has 0 heterocycles. The molecule has 3 aromatic rings. The van der Waals surface area contributed by atoms with Gasteiger partial charge in [0.25, 0.3) is 0 Å². The molecule has 0 amide bonds. The predicted octanol–water partition coefficient (Wildman–Crippen LogP) is 7.45. The van der Waals surface area contributed by atoms with Crippen molar-refractivity contribution in [3.8, 4) is 5.75 Å². The summed E-state index contributed by atoms with van der Waals surface area (Å²) in [6, 6.07) is 17.6. The minimum Gasteiger partial charge on any atom is -0.486 e. The number of ether oxygens (including phenoxy) is 1. The molecule has 0 aromatic heterocycles. The lowest BCUT2D eigenvalue weighted by Gasteiger charge is -2.14. The van der Waals surface area contributed by atoms with Crippen molar-refractivity contribution >= 4 is 40.5 Å². The van der Waals surface area contributed by atoms with Crippen LogP contribution in [0.4, 0.5) is 5.69 Å². The van der Waals surface area contributed by atoms with Crippen molar-refractivity contribution in [1.82, 2.24) is 0 Å². The van der Waals surface area contributed by atoms with Crippen LogP contribution in [0.25, 0.3) is 0 Å². The summed E-state index contributed by atoms with van der Waals surface area (Å²) in [7, 11) is 0. The molecule has 0 radical (unpaired) electrons. The minimum atomic E-state index is 0.372. The summed E-state index contributed by atoms with van der Waals surface area (Å²) in [6.07, 6.45) is 0. The Morgan fingerprint density at radius 3 is 2.15 bits per heavy atom. The molecule has 0 unspecified atom stereocenters. The molecule has 1 N–H and O–H groups in total. The number of hydrogen-bond acceptors (Lipinski definition) is 2. The van der Waals surface area contributed by atoms with E-state index in [1.807, 2.05) is 36.4 Å². The standard InChI is InChI=1S/C22H20Cl3NO/c1-14-3-4-15(2)21(9-14)26-12-17-10-19(24)22(20(25)11-17)27-13-16-5-7-18(23)8-6-16/h3-11,26H,12-13H2,1-2H3. The van der Waals surface area contributed by atoms with E-state index < -0.39 is 0 Å². The van der Waals surface area contributed by atoms with Gasteiger partial charge in [0.2, 0.25) is 0 Å². The Hall–Kier alpha value is -1.87. The molecule has 0 atom stereocenters. The van der Waals surface area contributed by atoms with Crippen molar-refractivity contribution in [2.45, 2.75) is 27.0 Å². The number of nitrogens with one attached hydrogen (secondary N) is 1. The van der Waals surface area contributed by atoms with Crippen molar-refractivity contribution < 1.29 is 4.74 Å². The molecule has 3 aromatic carbocycles. The highest BCUT2D eigenvalue weighted by Gasteiger charge is 2.11. The summed E-state index contributed by atoms with van der Waals surface area (Å²) < 4.78 is 5.82. The Labute approximate surface area is 175 Å². The SMILES string of the molecule is Cc1ccc(C)c(NCc2cc(Cl)c(OCc3ccc(Cl)cc3)c(Cl)c2)c1. The van der Waals surface area contributed by atoms with E-state index >= 15 is 0 Å². The zero-order valence-electron chi connectivity index (χ0n) is 15.2. The maximum atomic E-state index is 6.41. The molecule has 27 heavy (non-hydrogen) atoms. The summed E-state index contributed by atoms with van der Waals surface area (Å²) >= 11 is 18.7. The maximum absolute atomic E-state index is 6.41. The zero-order chi connectivity index (χ0) is 19.4. The van der Waals surface area contributed by atoms with E-state index in [1.165, 1.54) is 11.1 Å². The van der Waals surface area contributed by atoms with E-state index in [-0.39, 0.29) is 0 Å². The van der Waals surface area contributed by atoms with E-state index in [1.54, 1.807) is 0 Å². The number of aryl methyl sites for hydroxylation is 2. The van der Waals surface area contributed by atoms with Gasteiger partial charge in [-0.15, -0.1) is 0 Å². The van der Waals surface area contributed by atoms with E-state index in [2.05, 4.69) is 37.4 Å².